The van der Waals surface area contributed by atoms with Gasteiger partial charge in [-0.25, -0.2) is 0 Å². The van der Waals surface area contributed by atoms with Gasteiger partial charge in [-0.3, -0.25) is 19.4 Å². The van der Waals surface area contributed by atoms with Crippen molar-refractivity contribution in [1.82, 2.24) is 9.88 Å². The molecule has 2 rings (SSSR count). The number of halogens is 1. The lowest BCUT2D eigenvalue weighted by Gasteiger charge is -2.25. The van der Waals surface area contributed by atoms with Gasteiger partial charge in [0, 0.05) is 11.8 Å². The second kappa shape index (κ2) is 7.51. The van der Waals surface area contributed by atoms with Gasteiger partial charge in [-0.2, -0.15) is 0 Å². The van der Waals surface area contributed by atoms with Gasteiger partial charge in [-0.15, -0.1) is 0 Å². The molecule has 2 amide bonds. The summed E-state index contributed by atoms with van der Waals surface area (Å²) < 4.78 is 5.24. The van der Waals surface area contributed by atoms with Crippen molar-refractivity contribution in [2.45, 2.75) is 57.1 Å². The molecule has 0 saturated carbocycles. The molecule has 2 heterocycles. The average molecular weight is 412 g/mol. The number of nitrogens with zero attached hydrogens (tertiary/aromatic N) is 2. The lowest BCUT2D eigenvalue weighted by atomic mass is 10.1. The van der Waals surface area contributed by atoms with Gasteiger partial charge < -0.3 is 15.4 Å². The summed E-state index contributed by atoms with van der Waals surface area (Å²) in [6.07, 6.45) is 0.125. The van der Waals surface area contributed by atoms with Gasteiger partial charge in [0.15, 0.2) is 0 Å². The molecule has 0 aliphatic carbocycles. The number of carbonyl (C=O) groups is 3. The summed E-state index contributed by atoms with van der Waals surface area (Å²) >= 11 is 3.33. The predicted octanol–water partition coefficient (Wildman–Crippen LogP) is 1.91. The Kier molecular flexibility index (Phi) is 5.82. The number of primary amides is 1. The van der Waals surface area contributed by atoms with Gasteiger partial charge in [-0.05, 0) is 39.3 Å². The molecule has 0 radical (unpaired) electrons. The number of amides is 2. The Bertz CT molecular complexity index is 700. The molecule has 2 N–H and O–H groups in total. The molecule has 136 valence electrons. The van der Waals surface area contributed by atoms with E-state index in [4.69, 9.17) is 10.5 Å². The lowest BCUT2D eigenvalue weighted by molar-refractivity contribution is -0.155. The summed E-state index contributed by atoms with van der Waals surface area (Å²) in [5, 5.41) is 0.576. The van der Waals surface area contributed by atoms with Crippen LogP contribution >= 0.6 is 15.9 Å². The molecule has 8 heteroatoms. The number of esters is 1. The standard InChI is InChI=1S/C17H22BrN3O4/c1-17(2,3)25-14(22)7-6-13(15(19)23)21-9-12-11(16(21)24)5-4-10(8-18)20-12/h4-5,13H,6-9H2,1-3H3,(H2,19,23)/t13-/m0/s1. The van der Waals surface area contributed by atoms with E-state index in [-0.39, 0.29) is 25.3 Å². The smallest absolute Gasteiger partial charge is 0.306 e. The van der Waals surface area contributed by atoms with Gasteiger partial charge >= 0.3 is 5.97 Å². The Labute approximate surface area is 155 Å². The summed E-state index contributed by atoms with van der Waals surface area (Å²) in [7, 11) is 0. The first-order chi connectivity index (χ1) is 11.6. The van der Waals surface area contributed by atoms with Crippen molar-refractivity contribution in [3.8, 4) is 0 Å². The van der Waals surface area contributed by atoms with Crippen molar-refractivity contribution in [2.24, 2.45) is 5.73 Å². The number of alkyl halides is 1. The third-order valence-electron chi connectivity index (χ3n) is 3.73. The fourth-order valence-electron chi connectivity index (χ4n) is 2.67. The van der Waals surface area contributed by atoms with Crippen molar-refractivity contribution in [1.29, 1.82) is 0 Å². The highest BCUT2D eigenvalue weighted by atomic mass is 79.9. The molecule has 1 aliphatic rings. The van der Waals surface area contributed by atoms with Gasteiger partial charge in [0.1, 0.15) is 11.6 Å². The minimum atomic E-state index is -0.873. The molecular formula is C17H22BrN3O4. The van der Waals surface area contributed by atoms with Crippen molar-refractivity contribution < 1.29 is 19.1 Å². The Morgan fingerprint density at radius 1 is 1.40 bits per heavy atom. The molecule has 0 spiro atoms. The third-order valence-corrected chi connectivity index (χ3v) is 4.30. The van der Waals surface area contributed by atoms with Crippen molar-refractivity contribution in [3.63, 3.8) is 0 Å². The van der Waals surface area contributed by atoms with E-state index in [1.54, 1.807) is 32.9 Å². The van der Waals surface area contributed by atoms with E-state index in [2.05, 4.69) is 20.9 Å². The minimum absolute atomic E-state index is 0.00504. The normalized spacial score (nSPS) is 15.0. The van der Waals surface area contributed by atoms with Gasteiger partial charge in [0.2, 0.25) is 5.91 Å². The maximum atomic E-state index is 12.6. The highest BCUT2D eigenvalue weighted by molar-refractivity contribution is 9.08. The number of hydrogen-bond acceptors (Lipinski definition) is 5. The predicted molar refractivity (Wildman–Crippen MR) is 94.8 cm³/mol. The van der Waals surface area contributed by atoms with E-state index in [0.29, 0.717) is 16.6 Å². The zero-order valence-electron chi connectivity index (χ0n) is 14.5. The summed E-state index contributed by atoms with van der Waals surface area (Å²) in [4.78, 5) is 42.1. The molecule has 0 unspecified atom stereocenters. The largest absolute Gasteiger partial charge is 0.460 e. The van der Waals surface area contributed by atoms with E-state index in [9.17, 15) is 14.4 Å². The number of carbonyl (C=O) groups excluding carboxylic acids is 3. The van der Waals surface area contributed by atoms with Crippen LogP contribution in [0.3, 0.4) is 0 Å². The van der Waals surface area contributed by atoms with E-state index in [1.807, 2.05) is 0 Å². The maximum Gasteiger partial charge on any atom is 0.306 e. The zero-order chi connectivity index (χ0) is 18.8. The molecule has 0 fully saturated rings. The Balaban J connectivity index is 2.10. The fraction of sp³-hybridized carbons (Fsp3) is 0.529. The molecule has 1 aromatic heterocycles. The Hall–Kier alpha value is -1.96. The van der Waals surface area contributed by atoms with Crippen molar-refractivity contribution >= 4 is 33.7 Å². The third kappa shape index (κ3) is 4.78. The topological polar surface area (TPSA) is 103 Å². The highest BCUT2D eigenvalue weighted by Gasteiger charge is 2.36. The van der Waals surface area contributed by atoms with E-state index in [1.165, 1.54) is 4.90 Å². The van der Waals surface area contributed by atoms with Crippen LogP contribution in [0.15, 0.2) is 12.1 Å². The van der Waals surface area contributed by atoms with Crippen LogP contribution in [0, 0.1) is 0 Å². The van der Waals surface area contributed by atoms with Crippen molar-refractivity contribution in [3.05, 3.63) is 29.1 Å². The monoisotopic (exact) mass is 411 g/mol. The summed E-state index contributed by atoms with van der Waals surface area (Å²) in [6.45, 7) is 5.51. The van der Waals surface area contributed by atoms with Crippen molar-refractivity contribution in [2.75, 3.05) is 0 Å². The van der Waals surface area contributed by atoms with Gasteiger partial charge in [0.25, 0.3) is 5.91 Å². The van der Waals surface area contributed by atoms with Crippen LogP contribution in [0.25, 0.3) is 0 Å². The summed E-state index contributed by atoms with van der Waals surface area (Å²) in [6, 6.07) is 2.59. The van der Waals surface area contributed by atoms with Crippen LogP contribution < -0.4 is 5.73 Å². The number of nitrogens with two attached hydrogens (primary N) is 1. The molecule has 1 aromatic rings. The molecule has 0 bridgehead atoms. The quantitative estimate of drug-likeness (QED) is 0.568. The van der Waals surface area contributed by atoms with Crippen LogP contribution in [-0.2, 0) is 26.2 Å². The minimum Gasteiger partial charge on any atom is -0.460 e. The van der Waals surface area contributed by atoms with Gasteiger partial charge in [-0.1, -0.05) is 15.9 Å². The van der Waals surface area contributed by atoms with Gasteiger partial charge in [0.05, 0.1) is 23.5 Å². The number of ether oxygens (including phenoxy) is 1. The van der Waals surface area contributed by atoms with Crippen LogP contribution in [0.1, 0.15) is 55.4 Å². The summed E-state index contributed by atoms with van der Waals surface area (Å²) in [5.41, 5.74) is 6.75. The molecule has 1 aliphatic heterocycles. The fourth-order valence-corrected chi connectivity index (χ4v) is 2.99. The molecule has 0 saturated heterocycles. The number of rotatable bonds is 6. The Morgan fingerprint density at radius 3 is 2.64 bits per heavy atom. The average Bonchev–Trinajstić information content (AvgIpc) is 2.81. The SMILES string of the molecule is CC(C)(C)OC(=O)CC[C@@H](C(N)=O)N1Cc2nc(CBr)ccc2C1=O. The van der Waals surface area contributed by atoms with E-state index < -0.39 is 23.5 Å². The first-order valence-electron chi connectivity index (χ1n) is 7.99. The Morgan fingerprint density at radius 2 is 2.08 bits per heavy atom. The number of pyridine rings is 1. The van der Waals surface area contributed by atoms with E-state index in [0.717, 1.165) is 5.69 Å². The molecular weight excluding hydrogens is 390 g/mol. The molecule has 7 nitrogen and oxygen atoms in total. The molecule has 0 aromatic carbocycles. The lowest BCUT2D eigenvalue weighted by Crippen LogP contribution is -2.45. The van der Waals surface area contributed by atoms with Crippen LogP contribution in [0.5, 0.6) is 0 Å². The zero-order valence-corrected chi connectivity index (χ0v) is 16.1. The van der Waals surface area contributed by atoms with Crippen LogP contribution in [0.4, 0.5) is 0 Å². The van der Waals surface area contributed by atoms with Crippen LogP contribution in [0.2, 0.25) is 0 Å². The summed E-state index contributed by atoms with van der Waals surface area (Å²) in [5.74, 6) is -1.37. The molecule has 1 atom stereocenters. The van der Waals surface area contributed by atoms with Crippen LogP contribution in [-0.4, -0.2) is 39.3 Å². The second-order valence-electron chi connectivity index (χ2n) is 6.91. The second-order valence-corrected chi connectivity index (χ2v) is 7.47. The first-order valence-corrected chi connectivity index (χ1v) is 9.11. The van der Waals surface area contributed by atoms with E-state index >= 15 is 0 Å². The number of aromatic nitrogens is 1. The number of fused-ring (bicyclic) bond motifs is 1. The maximum absolute atomic E-state index is 12.6. The number of hydrogen-bond donors (Lipinski definition) is 1. The first kappa shape index (κ1) is 19.4. The molecule has 25 heavy (non-hydrogen) atoms. The highest BCUT2D eigenvalue weighted by Crippen LogP contribution is 2.26.